The lowest BCUT2D eigenvalue weighted by molar-refractivity contribution is -0.00613. The predicted molar refractivity (Wildman–Crippen MR) is 21.7 cm³/mol. The van der Waals surface area contributed by atoms with Crippen molar-refractivity contribution in [2.24, 2.45) is 0 Å². The molecule has 0 fully saturated rings. The fourth-order valence-corrected chi connectivity index (χ4v) is 0.227. The van der Waals surface area contributed by atoms with E-state index in [1.807, 2.05) is 0 Å². The average molecular weight is 104 g/mol. The molecule has 0 aliphatic heterocycles. The second-order valence-corrected chi connectivity index (χ2v) is 1.30. The van der Waals surface area contributed by atoms with Gasteiger partial charge in [-0.2, -0.15) is 0 Å². The van der Waals surface area contributed by atoms with Gasteiger partial charge in [0.25, 0.3) is 0 Å². The first-order valence-corrected chi connectivity index (χ1v) is 2.16. The maximum atomic E-state index is 10.0. The Kier molecular flexibility index (Phi) is 3.98. The van der Waals surface area contributed by atoms with Crippen LogP contribution in [0.2, 0.25) is 0 Å². The SMILES string of the molecule is [O]CC([O])CCO. The Labute approximate surface area is 42.2 Å². The summed E-state index contributed by atoms with van der Waals surface area (Å²) in [6, 6.07) is 0. The summed E-state index contributed by atoms with van der Waals surface area (Å²) in [5.74, 6) is 0. The van der Waals surface area contributed by atoms with E-state index in [2.05, 4.69) is 0 Å². The molecule has 0 aliphatic carbocycles. The van der Waals surface area contributed by atoms with Gasteiger partial charge in [0.2, 0.25) is 0 Å². The Morgan fingerprint density at radius 1 is 1.57 bits per heavy atom. The summed E-state index contributed by atoms with van der Waals surface area (Å²) in [4.78, 5) is 0. The van der Waals surface area contributed by atoms with Crippen LogP contribution in [-0.4, -0.2) is 24.4 Å². The number of aliphatic hydroxyl groups excluding tert-OH is 1. The molecule has 0 bridgehead atoms. The van der Waals surface area contributed by atoms with Crippen molar-refractivity contribution in [3.8, 4) is 0 Å². The van der Waals surface area contributed by atoms with Crippen molar-refractivity contribution in [3.63, 3.8) is 0 Å². The molecule has 0 aromatic heterocycles. The molecule has 42 valence electrons. The number of aliphatic hydroxyl groups is 1. The lowest BCUT2D eigenvalue weighted by Crippen LogP contribution is -2.10. The third-order valence-corrected chi connectivity index (χ3v) is 0.637. The van der Waals surface area contributed by atoms with Crippen LogP contribution >= 0.6 is 0 Å². The van der Waals surface area contributed by atoms with Crippen LogP contribution in [0.4, 0.5) is 0 Å². The molecule has 0 spiro atoms. The Bertz CT molecular complexity index is 37.9. The van der Waals surface area contributed by atoms with Crippen molar-refractivity contribution >= 4 is 0 Å². The van der Waals surface area contributed by atoms with E-state index < -0.39 is 12.7 Å². The van der Waals surface area contributed by atoms with E-state index in [1.165, 1.54) is 0 Å². The van der Waals surface area contributed by atoms with Crippen LogP contribution in [0.1, 0.15) is 6.42 Å². The van der Waals surface area contributed by atoms with Crippen molar-refractivity contribution in [2.45, 2.75) is 12.5 Å². The quantitative estimate of drug-likeness (QED) is 0.520. The molecular formula is C4H8O3. The molecule has 0 aliphatic rings. The predicted octanol–water partition coefficient (Wildman–Crippen LogP) is -0.402. The average Bonchev–Trinajstić information content (AvgIpc) is 1.68. The molecule has 7 heavy (non-hydrogen) atoms. The molecule has 0 aromatic carbocycles. The molecule has 0 amide bonds. The molecule has 1 unspecified atom stereocenters. The van der Waals surface area contributed by atoms with Gasteiger partial charge in [0, 0.05) is 13.0 Å². The first kappa shape index (κ1) is 6.88. The maximum Gasteiger partial charge on any atom is 0.122 e. The fourth-order valence-electron chi connectivity index (χ4n) is 0.227. The summed E-state index contributed by atoms with van der Waals surface area (Å²) in [7, 11) is 0. The van der Waals surface area contributed by atoms with Crippen LogP contribution in [0.25, 0.3) is 0 Å². The van der Waals surface area contributed by atoms with E-state index in [0.29, 0.717) is 0 Å². The summed E-state index contributed by atoms with van der Waals surface area (Å²) in [5.41, 5.74) is 0. The topological polar surface area (TPSA) is 60.0 Å². The number of rotatable bonds is 3. The standard InChI is InChI=1S/C4H8O3/c5-2-1-4(7)3-6/h4-5H,1-3H2. The van der Waals surface area contributed by atoms with Crippen molar-refractivity contribution in [1.29, 1.82) is 0 Å². The maximum absolute atomic E-state index is 10.0. The van der Waals surface area contributed by atoms with Crippen LogP contribution in [0.5, 0.6) is 0 Å². The highest BCUT2D eigenvalue weighted by Crippen LogP contribution is 1.86. The van der Waals surface area contributed by atoms with Crippen LogP contribution in [0, 0.1) is 0 Å². The van der Waals surface area contributed by atoms with Gasteiger partial charge in [-0.3, -0.25) is 0 Å². The minimum Gasteiger partial charge on any atom is -0.396 e. The van der Waals surface area contributed by atoms with E-state index in [-0.39, 0.29) is 13.0 Å². The van der Waals surface area contributed by atoms with Crippen LogP contribution in [0.15, 0.2) is 0 Å². The molecule has 1 atom stereocenters. The molecule has 0 rings (SSSR count). The summed E-state index contributed by atoms with van der Waals surface area (Å²) in [6.45, 7) is -0.795. The van der Waals surface area contributed by atoms with Crippen LogP contribution in [0.3, 0.4) is 0 Å². The number of hydrogen-bond acceptors (Lipinski definition) is 1. The zero-order chi connectivity index (χ0) is 5.70. The minimum atomic E-state index is -1.11. The Hall–Kier alpha value is -0.120. The normalized spacial score (nSPS) is 14.1. The van der Waals surface area contributed by atoms with E-state index in [1.54, 1.807) is 0 Å². The minimum absolute atomic E-state index is 0.0868. The van der Waals surface area contributed by atoms with Gasteiger partial charge >= 0.3 is 0 Å². The van der Waals surface area contributed by atoms with Gasteiger partial charge in [0.1, 0.15) is 12.7 Å². The smallest absolute Gasteiger partial charge is 0.122 e. The summed E-state index contributed by atoms with van der Waals surface area (Å²) in [5, 5.41) is 27.6. The molecular weight excluding hydrogens is 96.0 g/mol. The summed E-state index contributed by atoms with van der Waals surface area (Å²) >= 11 is 0. The van der Waals surface area contributed by atoms with Crippen molar-refractivity contribution in [2.75, 3.05) is 13.2 Å². The van der Waals surface area contributed by atoms with Gasteiger partial charge in [-0.1, -0.05) is 0 Å². The highest BCUT2D eigenvalue weighted by molar-refractivity contribution is 4.47. The molecule has 3 heteroatoms. The molecule has 2 radical (unpaired) electrons. The second-order valence-electron chi connectivity index (χ2n) is 1.30. The third kappa shape index (κ3) is 3.72. The Morgan fingerprint density at radius 2 is 2.14 bits per heavy atom. The zero-order valence-corrected chi connectivity index (χ0v) is 3.96. The zero-order valence-electron chi connectivity index (χ0n) is 3.96. The van der Waals surface area contributed by atoms with E-state index >= 15 is 0 Å². The molecule has 0 saturated heterocycles. The van der Waals surface area contributed by atoms with Crippen molar-refractivity contribution < 1.29 is 15.3 Å². The summed E-state index contributed by atoms with van der Waals surface area (Å²) in [6.07, 6.45) is -1.02. The Morgan fingerprint density at radius 3 is 2.29 bits per heavy atom. The van der Waals surface area contributed by atoms with E-state index in [9.17, 15) is 10.2 Å². The van der Waals surface area contributed by atoms with Gasteiger partial charge in [0.05, 0.1) is 0 Å². The van der Waals surface area contributed by atoms with Crippen molar-refractivity contribution in [3.05, 3.63) is 0 Å². The van der Waals surface area contributed by atoms with Gasteiger partial charge in [-0.05, 0) is 0 Å². The number of hydrogen-bond donors (Lipinski definition) is 1. The van der Waals surface area contributed by atoms with Gasteiger partial charge in [0.15, 0.2) is 0 Å². The first-order valence-electron chi connectivity index (χ1n) is 2.16. The van der Waals surface area contributed by atoms with Crippen LogP contribution < -0.4 is 0 Å². The van der Waals surface area contributed by atoms with E-state index in [0.717, 1.165) is 0 Å². The monoisotopic (exact) mass is 104 g/mol. The molecule has 0 aromatic rings. The summed E-state index contributed by atoms with van der Waals surface area (Å²) < 4.78 is 0. The molecule has 1 N–H and O–H groups in total. The highest BCUT2D eigenvalue weighted by Gasteiger charge is 2.01. The second kappa shape index (κ2) is 4.05. The van der Waals surface area contributed by atoms with Crippen LogP contribution in [-0.2, 0) is 10.2 Å². The third-order valence-electron chi connectivity index (χ3n) is 0.637. The van der Waals surface area contributed by atoms with Gasteiger partial charge in [-0.25, -0.2) is 10.2 Å². The first-order chi connectivity index (χ1) is 3.31. The fraction of sp³-hybridized carbons (Fsp3) is 1.00. The molecule has 0 heterocycles. The Balaban J connectivity index is 2.83. The molecule has 0 saturated carbocycles. The molecule has 3 nitrogen and oxygen atoms in total. The van der Waals surface area contributed by atoms with Gasteiger partial charge in [-0.15, -0.1) is 0 Å². The van der Waals surface area contributed by atoms with Crippen molar-refractivity contribution in [1.82, 2.24) is 0 Å². The lowest BCUT2D eigenvalue weighted by atomic mass is 10.3. The van der Waals surface area contributed by atoms with E-state index in [4.69, 9.17) is 5.11 Å². The van der Waals surface area contributed by atoms with Gasteiger partial charge < -0.3 is 5.11 Å². The lowest BCUT2D eigenvalue weighted by Gasteiger charge is -1.95. The largest absolute Gasteiger partial charge is 0.396 e. The highest BCUT2D eigenvalue weighted by atomic mass is 16.3.